The predicted molar refractivity (Wildman–Crippen MR) is 58.8 cm³/mol. The maximum atomic E-state index is 10.6. The molecule has 0 aliphatic heterocycles. The standard InChI is InChI=1S/C13H16O2/c1-3-5-10-11-6-4-7-12(15-2)13(10,11)8-9-14/h3,5,7-8,10-11H,4,6H2,1-2H3/b5-3+/t10-,11-,13+/m0/s1. The molecule has 0 aromatic heterocycles. The predicted octanol–water partition coefficient (Wildman–Crippen LogP) is 2.51. The van der Waals surface area contributed by atoms with Gasteiger partial charge in [0.05, 0.1) is 12.5 Å². The number of hydrogen-bond acceptors (Lipinski definition) is 2. The van der Waals surface area contributed by atoms with E-state index in [2.05, 4.69) is 18.2 Å². The molecule has 0 unspecified atom stereocenters. The molecule has 1 saturated carbocycles. The molecule has 80 valence electrons. The van der Waals surface area contributed by atoms with E-state index in [9.17, 15) is 4.79 Å². The summed E-state index contributed by atoms with van der Waals surface area (Å²) in [7, 11) is 1.68. The number of allylic oxidation sites excluding steroid dienone is 4. The molecular formula is C13H16O2. The maximum absolute atomic E-state index is 10.6. The van der Waals surface area contributed by atoms with Crippen molar-refractivity contribution in [2.75, 3.05) is 7.11 Å². The van der Waals surface area contributed by atoms with Crippen LogP contribution in [0.25, 0.3) is 0 Å². The molecule has 15 heavy (non-hydrogen) atoms. The first-order chi connectivity index (χ1) is 7.31. The molecule has 2 rings (SSSR count). The number of carbonyl (C=O) groups excluding carboxylic acids is 1. The van der Waals surface area contributed by atoms with Crippen molar-refractivity contribution in [1.82, 2.24) is 0 Å². The Bertz CT molecular complexity index is 361. The van der Waals surface area contributed by atoms with Crippen molar-refractivity contribution < 1.29 is 9.53 Å². The lowest BCUT2D eigenvalue weighted by Crippen LogP contribution is -2.11. The van der Waals surface area contributed by atoms with Gasteiger partial charge in [0, 0.05) is 6.08 Å². The van der Waals surface area contributed by atoms with Crippen molar-refractivity contribution in [2.24, 2.45) is 17.3 Å². The van der Waals surface area contributed by atoms with Crippen LogP contribution in [0.3, 0.4) is 0 Å². The van der Waals surface area contributed by atoms with Crippen LogP contribution in [0.2, 0.25) is 0 Å². The Morgan fingerprint density at radius 3 is 3.07 bits per heavy atom. The van der Waals surface area contributed by atoms with Crippen LogP contribution in [0.5, 0.6) is 0 Å². The Kier molecular flexibility index (Phi) is 2.54. The summed E-state index contributed by atoms with van der Waals surface area (Å²) in [5, 5.41) is 0. The topological polar surface area (TPSA) is 26.3 Å². The fourth-order valence-corrected chi connectivity index (χ4v) is 2.98. The molecule has 2 aliphatic carbocycles. The molecule has 0 spiro atoms. The van der Waals surface area contributed by atoms with Gasteiger partial charge >= 0.3 is 0 Å². The van der Waals surface area contributed by atoms with Gasteiger partial charge in [0.1, 0.15) is 11.7 Å². The third-order valence-electron chi connectivity index (χ3n) is 3.64. The Morgan fingerprint density at radius 2 is 2.47 bits per heavy atom. The summed E-state index contributed by atoms with van der Waals surface area (Å²) in [5.74, 6) is 3.86. The molecule has 0 aromatic rings. The minimum atomic E-state index is -0.165. The molecule has 0 heterocycles. The summed E-state index contributed by atoms with van der Waals surface area (Å²) < 4.78 is 5.39. The minimum absolute atomic E-state index is 0.165. The highest BCUT2D eigenvalue weighted by Crippen LogP contribution is 2.68. The second-order valence-electron chi connectivity index (χ2n) is 4.20. The van der Waals surface area contributed by atoms with Gasteiger partial charge < -0.3 is 4.74 Å². The van der Waals surface area contributed by atoms with Crippen molar-refractivity contribution in [1.29, 1.82) is 0 Å². The number of methoxy groups -OCH3 is 1. The molecule has 0 N–H and O–H groups in total. The van der Waals surface area contributed by atoms with Gasteiger partial charge in [-0.1, -0.05) is 12.2 Å². The van der Waals surface area contributed by atoms with Crippen LogP contribution in [-0.4, -0.2) is 13.1 Å². The first-order valence-electron chi connectivity index (χ1n) is 5.40. The van der Waals surface area contributed by atoms with Gasteiger partial charge in [-0.25, -0.2) is 4.79 Å². The van der Waals surface area contributed by atoms with Gasteiger partial charge in [-0.2, -0.15) is 0 Å². The fourth-order valence-electron chi connectivity index (χ4n) is 2.98. The van der Waals surface area contributed by atoms with Gasteiger partial charge in [0.15, 0.2) is 0 Å². The Labute approximate surface area is 90.3 Å². The summed E-state index contributed by atoms with van der Waals surface area (Å²) in [5.41, 5.74) is -0.165. The van der Waals surface area contributed by atoms with Crippen molar-refractivity contribution in [3.05, 3.63) is 30.1 Å². The quantitative estimate of drug-likeness (QED) is 0.521. The van der Waals surface area contributed by atoms with E-state index in [1.54, 1.807) is 13.2 Å². The Balaban J connectivity index is 2.37. The third-order valence-corrected chi connectivity index (χ3v) is 3.64. The number of hydrogen-bond donors (Lipinski definition) is 0. The van der Waals surface area contributed by atoms with E-state index < -0.39 is 0 Å². The molecule has 3 atom stereocenters. The minimum Gasteiger partial charge on any atom is -0.500 e. The van der Waals surface area contributed by atoms with Crippen molar-refractivity contribution in [3.63, 3.8) is 0 Å². The van der Waals surface area contributed by atoms with Gasteiger partial charge in [0.25, 0.3) is 0 Å². The Morgan fingerprint density at radius 1 is 1.67 bits per heavy atom. The van der Waals surface area contributed by atoms with E-state index in [0.717, 1.165) is 18.6 Å². The van der Waals surface area contributed by atoms with Gasteiger partial charge in [0.2, 0.25) is 0 Å². The molecular weight excluding hydrogens is 188 g/mol. The number of fused-ring (bicyclic) bond motifs is 1. The van der Waals surface area contributed by atoms with Crippen LogP contribution in [-0.2, 0) is 9.53 Å². The fraction of sp³-hybridized carbons (Fsp3) is 0.538. The van der Waals surface area contributed by atoms with Gasteiger partial charge in [-0.15, -0.1) is 0 Å². The largest absolute Gasteiger partial charge is 0.500 e. The second-order valence-corrected chi connectivity index (χ2v) is 4.20. The molecule has 0 bridgehead atoms. The zero-order valence-electron chi connectivity index (χ0n) is 9.19. The molecule has 2 aliphatic rings. The molecule has 1 fully saturated rings. The van der Waals surface area contributed by atoms with Crippen LogP contribution in [0.1, 0.15) is 19.8 Å². The van der Waals surface area contributed by atoms with E-state index in [0.29, 0.717) is 11.8 Å². The highest BCUT2D eigenvalue weighted by molar-refractivity contribution is 5.55. The van der Waals surface area contributed by atoms with Gasteiger partial charge in [-0.05, 0) is 37.7 Å². The second kappa shape index (κ2) is 3.71. The molecule has 0 aromatic carbocycles. The molecule has 0 radical (unpaired) electrons. The third kappa shape index (κ3) is 1.29. The van der Waals surface area contributed by atoms with Crippen LogP contribution in [0.15, 0.2) is 30.1 Å². The summed E-state index contributed by atoms with van der Waals surface area (Å²) in [6.45, 7) is 2.01. The van der Waals surface area contributed by atoms with Gasteiger partial charge in [-0.3, -0.25) is 0 Å². The van der Waals surface area contributed by atoms with E-state index in [-0.39, 0.29) is 5.41 Å². The van der Waals surface area contributed by atoms with E-state index in [1.807, 2.05) is 12.9 Å². The Hall–Kier alpha value is -1.27. The zero-order chi connectivity index (χ0) is 10.9. The smallest absolute Gasteiger partial charge is 0.121 e. The SMILES string of the molecule is C/C=C/[C@H]1[C@@H]2CCC=C(OC)[C@]12C=C=O. The molecule has 0 amide bonds. The van der Waals surface area contributed by atoms with Crippen LogP contribution < -0.4 is 0 Å². The summed E-state index contributed by atoms with van der Waals surface area (Å²) in [6.07, 6.45) is 10.2. The zero-order valence-corrected chi connectivity index (χ0v) is 9.19. The highest BCUT2D eigenvalue weighted by Gasteiger charge is 2.65. The average molecular weight is 204 g/mol. The summed E-state index contributed by atoms with van der Waals surface area (Å²) in [6, 6.07) is 0. The van der Waals surface area contributed by atoms with Crippen LogP contribution in [0.4, 0.5) is 0 Å². The summed E-state index contributed by atoms with van der Waals surface area (Å²) >= 11 is 0. The lowest BCUT2D eigenvalue weighted by molar-refractivity contribution is 0.231. The van der Waals surface area contributed by atoms with E-state index in [1.165, 1.54) is 0 Å². The number of ether oxygens (including phenoxy) is 1. The van der Waals surface area contributed by atoms with Crippen LogP contribution >= 0.6 is 0 Å². The monoisotopic (exact) mass is 204 g/mol. The maximum Gasteiger partial charge on any atom is 0.121 e. The van der Waals surface area contributed by atoms with E-state index >= 15 is 0 Å². The normalized spacial score (nSPS) is 37.9. The van der Waals surface area contributed by atoms with E-state index in [4.69, 9.17) is 4.74 Å². The molecule has 2 nitrogen and oxygen atoms in total. The number of rotatable bonds is 3. The lowest BCUT2D eigenvalue weighted by Gasteiger charge is -2.19. The van der Waals surface area contributed by atoms with Crippen LogP contribution in [0, 0.1) is 17.3 Å². The van der Waals surface area contributed by atoms with Crippen molar-refractivity contribution in [3.8, 4) is 0 Å². The lowest BCUT2D eigenvalue weighted by atomic mass is 9.92. The highest BCUT2D eigenvalue weighted by atomic mass is 16.5. The first kappa shape index (κ1) is 10.3. The first-order valence-corrected chi connectivity index (χ1v) is 5.40. The molecule has 2 heteroatoms. The summed E-state index contributed by atoms with van der Waals surface area (Å²) in [4.78, 5) is 10.6. The van der Waals surface area contributed by atoms with Crippen molar-refractivity contribution in [2.45, 2.75) is 19.8 Å². The average Bonchev–Trinajstić information content (AvgIpc) is 2.87. The molecule has 0 saturated heterocycles. The van der Waals surface area contributed by atoms with Crippen molar-refractivity contribution >= 4 is 5.94 Å².